The maximum atomic E-state index is 11.5. The van der Waals surface area contributed by atoms with E-state index in [1.54, 1.807) is 0 Å². The van der Waals surface area contributed by atoms with Crippen LogP contribution in [0.2, 0.25) is 0 Å². The quantitative estimate of drug-likeness (QED) is 0.0891. The van der Waals surface area contributed by atoms with E-state index >= 15 is 0 Å². The van der Waals surface area contributed by atoms with Gasteiger partial charge in [0.05, 0.1) is 21.5 Å². The molecule has 6 aromatic rings. The van der Waals surface area contributed by atoms with Gasteiger partial charge in [-0.1, -0.05) is 48.5 Å². The predicted octanol–water partition coefficient (Wildman–Crippen LogP) is 8.67. The van der Waals surface area contributed by atoms with Crippen LogP contribution in [-0.4, -0.2) is 89.2 Å². The van der Waals surface area contributed by atoms with Crippen LogP contribution in [0.1, 0.15) is 51.4 Å². The maximum Gasteiger partial charge on any atom is 0.133 e. The average Bonchev–Trinajstić information content (AvgIpc) is 3.24. The summed E-state index contributed by atoms with van der Waals surface area (Å²) in [5.41, 5.74) is 2.29. The maximum absolute atomic E-state index is 11.5. The van der Waals surface area contributed by atoms with Gasteiger partial charge in [0.2, 0.25) is 0 Å². The molecule has 10 rings (SSSR count). The molecule has 0 radical (unpaired) electrons. The Balaban J connectivity index is 0.958. The number of rotatable bonds is 0. The van der Waals surface area contributed by atoms with Gasteiger partial charge in [0.1, 0.15) is 11.5 Å². The summed E-state index contributed by atoms with van der Waals surface area (Å²) in [6, 6.07) is 28.6. The molecule has 0 spiro atoms. The van der Waals surface area contributed by atoms with Crippen molar-refractivity contribution in [2.24, 2.45) is 9.98 Å². The van der Waals surface area contributed by atoms with Crippen LogP contribution >= 0.6 is 0 Å². The zero-order chi connectivity index (χ0) is 39.8. The van der Waals surface area contributed by atoms with E-state index in [2.05, 4.69) is 59.2 Å². The highest BCUT2D eigenvalue weighted by Gasteiger charge is 2.15. The summed E-state index contributed by atoms with van der Waals surface area (Å²) in [5.74, 6) is 0.210. The molecule has 0 saturated carbocycles. The molecule has 10 heteroatoms. The first kappa shape index (κ1) is 41.2. The van der Waals surface area contributed by atoms with Gasteiger partial charge in [-0.25, -0.2) is 0 Å². The molecule has 6 aromatic carbocycles. The highest BCUT2D eigenvalue weighted by molar-refractivity contribution is 6.10. The number of nitrogens with zero attached hydrogens (tertiary/aromatic N) is 2. The van der Waals surface area contributed by atoms with Crippen LogP contribution in [-0.2, 0) is 18.9 Å². The van der Waals surface area contributed by atoms with E-state index in [9.17, 15) is 10.2 Å². The first-order valence-corrected chi connectivity index (χ1v) is 21.2. The van der Waals surface area contributed by atoms with Crippen LogP contribution in [0, 0.1) is 0 Å². The van der Waals surface area contributed by atoms with E-state index in [0.717, 1.165) is 89.0 Å². The van der Waals surface area contributed by atoms with Crippen molar-refractivity contribution in [2.75, 3.05) is 89.7 Å². The smallest absolute Gasteiger partial charge is 0.133 e. The Kier molecular flexibility index (Phi) is 15.4. The van der Waals surface area contributed by atoms with Crippen molar-refractivity contribution >= 4 is 54.5 Å². The lowest BCUT2D eigenvalue weighted by Gasteiger charge is -2.14. The molecule has 4 aliphatic rings. The summed E-state index contributed by atoms with van der Waals surface area (Å²) in [6.07, 6.45) is 7.16. The number of hydrogen-bond acceptors (Lipinski definition) is 10. The Hall–Kier alpha value is -5.00. The highest BCUT2D eigenvalue weighted by Crippen LogP contribution is 2.38. The molecule has 4 heterocycles. The van der Waals surface area contributed by atoms with Crippen molar-refractivity contribution in [3.63, 3.8) is 0 Å². The van der Waals surface area contributed by atoms with Gasteiger partial charge in [-0.05, 0) is 98.5 Å². The van der Waals surface area contributed by atoms with E-state index in [0.29, 0.717) is 85.0 Å². The van der Waals surface area contributed by atoms with Gasteiger partial charge in [-0.15, -0.1) is 0 Å². The molecule has 0 atom stereocenters. The van der Waals surface area contributed by atoms with Crippen LogP contribution in [0.3, 0.4) is 0 Å². The molecule has 0 aliphatic carbocycles. The van der Waals surface area contributed by atoms with Gasteiger partial charge >= 0.3 is 0 Å². The average molecular weight is 787 g/mol. The second-order valence-corrected chi connectivity index (χ2v) is 14.9. The molecule has 0 aromatic heterocycles. The Morgan fingerprint density at radius 2 is 0.793 bits per heavy atom. The largest absolute Gasteiger partial charge is 0.507 e. The molecule has 58 heavy (non-hydrogen) atoms. The number of aromatic hydroxyl groups is 2. The molecule has 4 N–H and O–H groups in total. The van der Waals surface area contributed by atoms with Gasteiger partial charge in [-0.2, -0.15) is 0 Å². The van der Waals surface area contributed by atoms with Crippen molar-refractivity contribution in [3.8, 4) is 11.5 Å². The molecular formula is C48H58N4O6. The second kappa shape index (κ2) is 21.7. The van der Waals surface area contributed by atoms with Crippen LogP contribution in [0.15, 0.2) is 94.9 Å². The Labute approximate surface area is 340 Å². The van der Waals surface area contributed by atoms with Gasteiger partial charge < -0.3 is 39.8 Å². The Morgan fingerprint density at radius 3 is 1.22 bits per heavy atom. The van der Waals surface area contributed by atoms with Gasteiger partial charge in [0.15, 0.2) is 0 Å². The van der Waals surface area contributed by atoms with Crippen molar-refractivity contribution in [1.29, 1.82) is 0 Å². The lowest BCUT2D eigenvalue weighted by atomic mass is 9.99. The van der Waals surface area contributed by atoms with Gasteiger partial charge in [-0.3, -0.25) is 9.98 Å². The molecule has 0 saturated heterocycles. The summed E-state index contributed by atoms with van der Waals surface area (Å²) in [4.78, 5) is 9.57. The fourth-order valence-corrected chi connectivity index (χ4v) is 7.62. The number of benzene rings is 6. The van der Waals surface area contributed by atoms with E-state index in [4.69, 9.17) is 28.9 Å². The van der Waals surface area contributed by atoms with Crippen LogP contribution in [0.4, 0.5) is 11.4 Å². The predicted molar refractivity (Wildman–Crippen MR) is 235 cm³/mol. The van der Waals surface area contributed by atoms with E-state index < -0.39 is 0 Å². The van der Waals surface area contributed by atoms with Crippen molar-refractivity contribution in [3.05, 3.63) is 95.6 Å². The van der Waals surface area contributed by atoms with Crippen LogP contribution in [0.25, 0.3) is 43.1 Å². The molecule has 0 fully saturated rings. The first-order valence-electron chi connectivity index (χ1n) is 21.2. The fourth-order valence-electron chi connectivity index (χ4n) is 7.62. The third kappa shape index (κ3) is 10.7. The number of ether oxygens (including phenoxy) is 4. The van der Waals surface area contributed by atoms with Crippen LogP contribution in [0.5, 0.6) is 11.5 Å². The molecule has 10 nitrogen and oxygen atoms in total. The number of hydrogen-bond donors (Lipinski definition) is 4. The summed E-state index contributed by atoms with van der Waals surface area (Å²) in [5, 5.41) is 38.6. The SMILES string of the molecule is Oc1c2cccc3c2c(O)c2cccc(c12)=NCCCOCCCCOCCCNc1cccc2cc4c(cccc4cc12)NCCCOCCCCOCCCN=3. The van der Waals surface area contributed by atoms with Gasteiger partial charge in [0.25, 0.3) is 0 Å². The number of phenolic OH excluding ortho intramolecular Hbond substituents is 2. The van der Waals surface area contributed by atoms with Gasteiger partial charge in [0, 0.05) is 112 Å². The van der Waals surface area contributed by atoms with Crippen molar-refractivity contribution in [1.82, 2.24) is 0 Å². The minimum atomic E-state index is 0.105. The topological polar surface area (TPSA) is 126 Å². The monoisotopic (exact) mass is 786 g/mol. The van der Waals surface area contributed by atoms with E-state index in [1.165, 1.54) is 21.5 Å². The fraction of sp³-hybridized carbons (Fsp3) is 0.417. The number of anilines is 2. The summed E-state index contributed by atoms with van der Waals surface area (Å²) < 4.78 is 23.6. The highest BCUT2D eigenvalue weighted by atomic mass is 16.5. The molecule has 0 amide bonds. The molecular weight excluding hydrogens is 729 g/mol. The molecule has 306 valence electrons. The Morgan fingerprint density at radius 1 is 0.414 bits per heavy atom. The summed E-state index contributed by atoms with van der Waals surface area (Å²) in [7, 11) is 0. The molecule has 12 bridgehead atoms. The lowest BCUT2D eigenvalue weighted by Crippen LogP contribution is -2.09. The van der Waals surface area contributed by atoms with Crippen molar-refractivity contribution in [2.45, 2.75) is 51.4 Å². The number of phenols is 2. The number of nitrogens with one attached hydrogen (secondary N) is 2. The summed E-state index contributed by atoms with van der Waals surface area (Å²) in [6.45, 7) is 8.23. The zero-order valence-electron chi connectivity index (χ0n) is 33.6. The summed E-state index contributed by atoms with van der Waals surface area (Å²) >= 11 is 0. The second-order valence-electron chi connectivity index (χ2n) is 14.9. The zero-order valence-corrected chi connectivity index (χ0v) is 33.6. The van der Waals surface area contributed by atoms with Crippen LogP contribution < -0.4 is 21.3 Å². The standard InChI is InChI=1S/C48H58N4O6/c53-47-38-16-8-20-44-46(38)48(54)37-15-7-19-43(45(37)47)51-23-11-31-57-27-3-1-25-55-29-9-21-49-41-17-5-13-35-34-40-36(33-39(35)41)14-6-18-42(40)50-22-10-30-56-26-2-4-28-58-32-12-24-52-44/h5-8,13-20,33-34,49-50,53-54H,1-4,9-12,21-32H2. The minimum Gasteiger partial charge on any atom is -0.507 e. The molecule has 4 aliphatic heterocycles. The third-order valence-corrected chi connectivity index (χ3v) is 10.6. The van der Waals surface area contributed by atoms with E-state index in [1.807, 2.05) is 36.4 Å². The van der Waals surface area contributed by atoms with E-state index in [-0.39, 0.29) is 11.5 Å². The normalized spacial score (nSPS) is 17.4. The van der Waals surface area contributed by atoms with Crippen molar-refractivity contribution < 1.29 is 29.2 Å². The Bertz CT molecular complexity index is 2220. The molecule has 0 unspecified atom stereocenters. The first-order chi connectivity index (χ1) is 28.7. The third-order valence-electron chi connectivity index (χ3n) is 10.6. The lowest BCUT2D eigenvalue weighted by molar-refractivity contribution is 0.102. The minimum absolute atomic E-state index is 0.105.